The van der Waals surface area contributed by atoms with Gasteiger partial charge in [-0.3, -0.25) is 4.79 Å². The van der Waals surface area contributed by atoms with Crippen molar-refractivity contribution in [3.8, 4) is 0 Å². The highest BCUT2D eigenvalue weighted by molar-refractivity contribution is 6.06. The lowest BCUT2D eigenvalue weighted by Gasteiger charge is -2.20. The standard InChI is InChI=1S/C19H26O/c1-12(2)14-7-8-15(13(3)4)17-16(14)11-19(18(17)20)9-5-6-10-19/h7-8,12-13H,5-6,9-11H2,1-4H3. The summed E-state index contributed by atoms with van der Waals surface area (Å²) in [6.45, 7) is 8.90. The molecule has 0 atom stereocenters. The number of carbonyl (C=O) groups is 1. The maximum atomic E-state index is 13.1. The van der Waals surface area contributed by atoms with E-state index in [1.807, 2.05) is 0 Å². The highest BCUT2D eigenvalue weighted by Crippen LogP contribution is 2.51. The van der Waals surface area contributed by atoms with Crippen LogP contribution in [-0.2, 0) is 6.42 Å². The fourth-order valence-electron chi connectivity index (χ4n) is 4.30. The van der Waals surface area contributed by atoms with E-state index in [0.717, 1.165) is 24.8 Å². The van der Waals surface area contributed by atoms with E-state index in [1.165, 1.54) is 29.5 Å². The summed E-state index contributed by atoms with van der Waals surface area (Å²) in [5.41, 5.74) is 5.14. The third-order valence-corrected chi connectivity index (χ3v) is 5.41. The Hall–Kier alpha value is -1.11. The Balaban J connectivity index is 2.18. The van der Waals surface area contributed by atoms with Gasteiger partial charge in [-0.2, -0.15) is 0 Å². The van der Waals surface area contributed by atoms with E-state index in [2.05, 4.69) is 39.8 Å². The van der Waals surface area contributed by atoms with Crippen molar-refractivity contribution in [1.82, 2.24) is 0 Å². The van der Waals surface area contributed by atoms with Gasteiger partial charge in [-0.25, -0.2) is 0 Å². The molecule has 1 saturated carbocycles. The Labute approximate surface area is 122 Å². The van der Waals surface area contributed by atoms with Crippen molar-refractivity contribution in [2.45, 2.75) is 71.6 Å². The molecule has 1 aromatic rings. The number of fused-ring (bicyclic) bond motifs is 1. The minimum absolute atomic E-state index is 0.0308. The molecule has 0 amide bonds. The molecule has 0 saturated heterocycles. The van der Waals surface area contributed by atoms with Crippen LogP contribution in [0.15, 0.2) is 12.1 Å². The van der Waals surface area contributed by atoms with Gasteiger partial charge >= 0.3 is 0 Å². The van der Waals surface area contributed by atoms with Crippen LogP contribution in [0.2, 0.25) is 0 Å². The molecule has 1 heteroatoms. The summed E-state index contributed by atoms with van der Waals surface area (Å²) in [5, 5.41) is 0. The number of hydrogen-bond donors (Lipinski definition) is 0. The van der Waals surface area contributed by atoms with Crippen LogP contribution >= 0.6 is 0 Å². The number of ketones is 1. The van der Waals surface area contributed by atoms with Gasteiger partial charge in [0.2, 0.25) is 0 Å². The van der Waals surface area contributed by atoms with E-state index in [9.17, 15) is 4.79 Å². The second-order valence-electron chi connectivity index (χ2n) is 7.40. The first-order chi connectivity index (χ1) is 9.46. The highest BCUT2D eigenvalue weighted by atomic mass is 16.1. The molecule has 1 fully saturated rings. The molecule has 1 nitrogen and oxygen atoms in total. The molecule has 0 aliphatic heterocycles. The van der Waals surface area contributed by atoms with Crippen LogP contribution < -0.4 is 0 Å². The van der Waals surface area contributed by atoms with Gasteiger partial charge < -0.3 is 0 Å². The lowest BCUT2D eigenvalue weighted by molar-refractivity contribution is 0.0826. The summed E-state index contributed by atoms with van der Waals surface area (Å²) < 4.78 is 0. The van der Waals surface area contributed by atoms with Crippen LogP contribution in [-0.4, -0.2) is 5.78 Å². The van der Waals surface area contributed by atoms with Crippen molar-refractivity contribution < 1.29 is 4.79 Å². The van der Waals surface area contributed by atoms with Crippen molar-refractivity contribution in [1.29, 1.82) is 0 Å². The zero-order valence-corrected chi connectivity index (χ0v) is 13.3. The summed E-state index contributed by atoms with van der Waals surface area (Å²) >= 11 is 0. The number of carbonyl (C=O) groups excluding carboxylic acids is 1. The third-order valence-electron chi connectivity index (χ3n) is 5.41. The molecular formula is C19H26O. The molecule has 108 valence electrons. The van der Waals surface area contributed by atoms with E-state index < -0.39 is 0 Å². The second-order valence-corrected chi connectivity index (χ2v) is 7.40. The van der Waals surface area contributed by atoms with Gasteiger partial charge in [0.1, 0.15) is 0 Å². The zero-order chi connectivity index (χ0) is 14.5. The monoisotopic (exact) mass is 270 g/mol. The first kappa shape index (κ1) is 13.9. The minimum atomic E-state index is -0.0308. The van der Waals surface area contributed by atoms with Gasteiger partial charge in [-0.1, -0.05) is 52.7 Å². The fourth-order valence-corrected chi connectivity index (χ4v) is 4.30. The summed E-state index contributed by atoms with van der Waals surface area (Å²) in [6, 6.07) is 4.49. The summed E-state index contributed by atoms with van der Waals surface area (Å²) in [4.78, 5) is 13.1. The zero-order valence-electron chi connectivity index (χ0n) is 13.3. The minimum Gasteiger partial charge on any atom is -0.294 e. The lowest BCUT2D eigenvalue weighted by Crippen LogP contribution is -2.24. The van der Waals surface area contributed by atoms with Crippen molar-refractivity contribution in [2.24, 2.45) is 5.41 Å². The summed E-state index contributed by atoms with van der Waals surface area (Å²) in [7, 11) is 0. The number of Topliss-reactive ketones (excluding diaryl/α,β-unsaturated/α-hetero) is 1. The second kappa shape index (κ2) is 4.72. The Morgan fingerprint density at radius 1 is 0.950 bits per heavy atom. The Morgan fingerprint density at radius 2 is 1.50 bits per heavy atom. The number of benzene rings is 1. The van der Waals surface area contributed by atoms with Crippen LogP contribution in [0.1, 0.15) is 92.3 Å². The Morgan fingerprint density at radius 3 is 2.05 bits per heavy atom. The van der Waals surface area contributed by atoms with Gasteiger partial charge in [0, 0.05) is 11.0 Å². The average Bonchev–Trinajstić information content (AvgIpc) is 2.96. The van der Waals surface area contributed by atoms with Gasteiger partial charge in [0.25, 0.3) is 0 Å². The average molecular weight is 270 g/mol. The normalized spacial score (nSPS) is 20.4. The molecule has 1 spiro atoms. The van der Waals surface area contributed by atoms with Crippen molar-refractivity contribution in [3.05, 3.63) is 34.4 Å². The molecule has 0 N–H and O–H groups in total. The first-order valence-corrected chi connectivity index (χ1v) is 8.17. The van der Waals surface area contributed by atoms with Crippen LogP contribution in [0.25, 0.3) is 0 Å². The smallest absolute Gasteiger partial charge is 0.169 e. The topological polar surface area (TPSA) is 17.1 Å². The molecule has 20 heavy (non-hydrogen) atoms. The van der Waals surface area contributed by atoms with Gasteiger partial charge in [-0.05, 0) is 47.8 Å². The van der Waals surface area contributed by atoms with Crippen LogP contribution in [0.3, 0.4) is 0 Å². The SMILES string of the molecule is CC(C)c1ccc(C(C)C)c2c1CC1(CCCC1)C2=O. The summed E-state index contributed by atoms with van der Waals surface area (Å²) in [5.74, 6) is 1.41. The van der Waals surface area contributed by atoms with Crippen LogP contribution in [0.4, 0.5) is 0 Å². The highest BCUT2D eigenvalue weighted by Gasteiger charge is 2.48. The molecule has 2 aliphatic rings. The molecule has 0 bridgehead atoms. The van der Waals surface area contributed by atoms with E-state index in [1.54, 1.807) is 0 Å². The quantitative estimate of drug-likeness (QED) is 0.719. The molecule has 3 rings (SSSR count). The lowest BCUT2D eigenvalue weighted by atomic mass is 9.81. The fraction of sp³-hybridized carbons (Fsp3) is 0.632. The maximum absolute atomic E-state index is 13.1. The predicted octanol–water partition coefficient (Wildman–Crippen LogP) is 5.23. The molecule has 0 aromatic heterocycles. The number of rotatable bonds is 2. The number of hydrogen-bond acceptors (Lipinski definition) is 1. The van der Waals surface area contributed by atoms with Crippen LogP contribution in [0.5, 0.6) is 0 Å². The molecule has 0 heterocycles. The van der Waals surface area contributed by atoms with E-state index in [-0.39, 0.29) is 5.41 Å². The molecular weight excluding hydrogens is 244 g/mol. The largest absolute Gasteiger partial charge is 0.294 e. The van der Waals surface area contributed by atoms with Crippen molar-refractivity contribution in [2.75, 3.05) is 0 Å². The maximum Gasteiger partial charge on any atom is 0.169 e. The van der Waals surface area contributed by atoms with E-state index in [4.69, 9.17) is 0 Å². The van der Waals surface area contributed by atoms with Gasteiger partial charge in [0.15, 0.2) is 5.78 Å². The van der Waals surface area contributed by atoms with Crippen molar-refractivity contribution >= 4 is 5.78 Å². The first-order valence-electron chi connectivity index (χ1n) is 8.17. The molecule has 2 aliphatic carbocycles. The Kier molecular flexibility index (Phi) is 3.27. The third kappa shape index (κ3) is 1.86. The predicted molar refractivity (Wildman–Crippen MR) is 83.6 cm³/mol. The summed E-state index contributed by atoms with van der Waals surface area (Å²) in [6.07, 6.45) is 5.68. The van der Waals surface area contributed by atoms with E-state index in [0.29, 0.717) is 17.6 Å². The molecule has 0 unspecified atom stereocenters. The van der Waals surface area contributed by atoms with Gasteiger partial charge in [0.05, 0.1) is 0 Å². The van der Waals surface area contributed by atoms with Gasteiger partial charge in [-0.15, -0.1) is 0 Å². The van der Waals surface area contributed by atoms with E-state index >= 15 is 0 Å². The Bertz CT molecular complexity index is 545. The van der Waals surface area contributed by atoms with Crippen molar-refractivity contribution in [3.63, 3.8) is 0 Å². The molecule has 1 aromatic carbocycles. The van der Waals surface area contributed by atoms with Crippen LogP contribution in [0, 0.1) is 5.41 Å². The molecule has 0 radical (unpaired) electrons.